The van der Waals surface area contributed by atoms with E-state index in [1.54, 1.807) is 6.92 Å². The average Bonchev–Trinajstić information content (AvgIpc) is 2.89. The summed E-state index contributed by atoms with van der Waals surface area (Å²) in [5.41, 5.74) is 6.79. The first kappa shape index (κ1) is 27.2. The van der Waals surface area contributed by atoms with Gasteiger partial charge in [0.15, 0.2) is 0 Å². The summed E-state index contributed by atoms with van der Waals surface area (Å²) in [6, 6.07) is 23.0. The molecule has 1 fully saturated rings. The third kappa shape index (κ3) is 7.80. The summed E-state index contributed by atoms with van der Waals surface area (Å²) in [7, 11) is 0. The Labute approximate surface area is 229 Å². The zero-order valence-corrected chi connectivity index (χ0v) is 23.4. The molecule has 0 radical (unpaired) electrons. The molecule has 0 bridgehead atoms. The second-order valence-electron chi connectivity index (χ2n) is 9.83. The fourth-order valence-corrected chi connectivity index (χ4v) is 5.17. The number of benzene rings is 3. The zero-order valence-electron chi connectivity index (χ0n) is 21.8. The lowest BCUT2D eigenvalue weighted by Crippen LogP contribution is -2.28. The summed E-state index contributed by atoms with van der Waals surface area (Å²) >= 11 is 3.60. The van der Waals surface area contributed by atoms with Crippen LogP contribution in [0.15, 0.2) is 77.8 Å². The van der Waals surface area contributed by atoms with Crippen molar-refractivity contribution in [3.8, 4) is 16.9 Å². The molecule has 0 heterocycles. The molecule has 3 aromatic carbocycles. The first-order chi connectivity index (χ1) is 17.9. The van der Waals surface area contributed by atoms with Gasteiger partial charge in [-0.25, -0.2) is 0 Å². The van der Waals surface area contributed by atoms with Gasteiger partial charge in [-0.1, -0.05) is 70.5 Å². The topological polar surface area (TPSA) is 47.6 Å². The van der Waals surface area contributed by atoms with E-state index in [-0.39, 0.29) is 18.1 Å². The maximum atomic E-state index is 11.4. The smallest absolute Gasteiger partial charge is 0.216 e. The zero-order chi connectivity index (χ0) is 26.2. The van der Waals surface area contributed by atoms with Crippen LogP contribution in [0.2, 0.25) is 0 Å². The summed E-state index contributed by atoms with van der Waals surface area (Å²) < 4.78 is 13.8. The van der Waals surface area contributed by atoms with Gasteiger partial charge in [0, 0.05) is 17.9 Å². The monoisotopic (exact) mass is 561 g/mol. The SMILES string of the molecule is C=C(C)c1cccc(-c2cc(OC3CCC(OCc4ccccc4Br)CC3)ccc2CCNC(C)=O)c1. The van der Waals surface area contributed by atoms with E-state index in [0.29, 0.717) is 13.2 Å². The number of amides is 1. The molecule has 1 amide bonds. The van der Waals surface area contributed by atoms with Crippen LogP contribution in [-0.4, -0.2) is 24.7 Å². The Morgan fingerprint density at radius 2 is 1.70 bits per heavy atom. The molecule has 0 spiro atoms. The molecule has 1 aliphatic rings. The van der Waals surface area contributed by atoms with Crippen LogP contribution in [0.3, 0.4) is 0 Å². The van der Waals surface area contributed by atoms with E-state index in [0.717, 1.165) is 64.6 Å². The Bertz CT molecular complexity index is 1230. The number of nitrogens with one attached hydrogen (secondary N) is 1. The predicted molar refractivity (Wildman–Crippen MR) is 155 cm³/mol. The first-order valence-corrected chi connectivity index (χ1v) is 13.8. The number of carbonyl (C=O) groups excluding carboxylic acids is 1. The molecule has 4 rings (SSSR count). The molecule has 0 aliphatic heterocycles. The molecule has 5 heteroatoms. The average molecular weight is 563 g/mol. The first-order valence-electron chi connectivity index (χ1n) is 13.0. The van der Waals surface area contributed by atoms with Crippen LogP contribution < -0.4 is 10.1 Å². The lowest BCUT2D eigenvalue weighted by molar-refractivity contribution is -0.118. The van der Waals surface area contributed by atoms with Crippen molar-refractivity contribution in [3.05, 3.63) is 94.5 Å². The molecule has 1 N–H and O–H groups in total. The molecular formula is C32H36BrNO3. The van der Waals surface area contributed by atoms with Crippen LogP contribution in [0.1, 0.15) is 56.2 Å². The van der Waals surface area contributed by atoms with Crippen molar-refractivity contribution in [2.24, 2.45) is 0 Å². The molecule has 0 atom stereocenters. The fraction of sp³-hybridized carbons (Fsp3) is 0.344. The van der Waals surface area contributed by atoms with Crippen LogP contribution in [-0.2, 0) is 22.6 Å². The van der Waals surface area contributed by atoms with E-state index in [9.17, 15) is 4.79 Å². The Balaban J connectivity index is 1.41. The molecule has 0 unspecified atom stereocenters. The number of rotatable bonds is 10. The quantitative estimate of drug-likeness (QED) is 0.275. The number of hydrogen-bond donors (Lipinski definition) is 1. The number of hydrogen-bond acceptors (Lipinski definition) is 3. The molecular weight excluding hydrogens is 526 g/mol. The van der Waals surface area contributed by atoms with Gasteiger partial charge in [0.25, 0.3) is 0 Å². The normalized spacial score (nSPS) is 17.3. The largest absolute Gasteiger partial charge is 0.490 e. The Morgan fingerprint density at radius 1 is 0.946 bits per heavy atom. The minimum atomic E-state index is -0.0123. The second kappa shape index (κ2) is 13.1. The van der Waals surface area contributed by atoms with Gasteiger partial charge in [-0.05, 0) is 91.1 Å². The van der Waals surface area contributed by atoms with Gasteiger partial charge in [-0.15, -0.1) is 0 Å². The Morgan fingerprint density at radius 3 is 2.43 bits per heavy atom. The van der Waals surface area contributed by atoms with E-state index >= 15 is 0 Å². The van der Waals surface area contributed by atoms with Gasteiger partial charge in [-0.3, -0.25) is 4.79 Å². The Kier molecular flexibility index (Phi) is 9.59. The van der Waals surface area contributed by atoms with Gasteiger partial charge in [0.1, 0.15) is 5.75 Å². The second-order valence-corrected chi connectivity index (χ2v) is 10.7. The highest BCUT2D eigenvalue weighted by Crippen LogP contribution is 2.33. The lowest BCUT2D eigenvalue weighted by atomic mass is 9.93. The minimum Gasteiger partial charge on any atom is -0.490 e. The molecule has 194 valence electrons. The summed E-state index contributed by atoms with van der Waals surface area (Å²) in [5, 5.41) is 2.91. The third-order valence-corrected chi connectivity index (χ3v) is 7.65. The number of ether oxygens (including phenoxy) is 2. The summed E-state index contributed by atoms with van der Waals surface area (Å²) in [4.78, 5) is 11.4. The van der Waals surface area contributed by atoms with Crippen LogP contribution in [0.25, 0.3) is 16.7 Å². The predicted octanol–water partition coefficient (Wildman–Crippen LogP) is 7.73. The van der Waals surface area contributed by atoms with E-state index < -0.39 is 0 Å². The van der Waals surface area contributed by atoms with Crippen LogP contribution >= 0.6 is 15.9 Å². The lowest BCUT2D eigenvalue weighted by Gasteiger charge is -2.29. The van der Waals surface area contributed by atoms with Crippen molar-refractivity contribution < 1.29 is 14.3 Å². The van der Waals surface area contributed by atoms with Crippen LogP contribution in [0.4, 0.5) is 0 Å². The van der Waals surface area contributed by atoms with Crippen LogP contribution in [0.5, 0.6) is 5.75 Å². The maximum Gasteiger partial charge on any atom is 0.216 e. The van der Waals surface area contributed by atoms with Crippen molar-refractivity contribution in [1.29, 1.82) is 0 Å². The molecule has 4 nitrogen and oxygen atoms in total. The maximum absolute atomic E-state index is 11.4. The summed E-state index contributed by atoms with van der Waals surface area (Å²) in [5.74, 6) is 0.873. The number of carbonyl (C=O) groups is 1. The Hall–Kier alpha value is -2.89. The van der Waals surface area contributed by atoms with Gasteiger partial charge in [0.05, 0.1) is 18.8 Å². The highest BCUT2D eigenvalue weighted by Gasteiger charge is 2.23. The fourth-order valence-electron chi connectivity index (χ4n) is 4.77. The summed E-state index contributed by atoms with van der Waals surface area (Å²) in [6.45, 7) is 8.91. The van der Waals surface area contributed by atoms with Gasteiger partial charge < -0.3 is 14.8 Å². The molecule has 3 aromatic rings. The van der Waals surface area contributed by atoms with Gasteiger partial charge >= 0.3 is 0 Å². The van der Waals surface area contributed by atoms with Crippen molar-refractivity contribution in [3.63, 3.8) is 0 Å². The van der Waals surface area contributed by atoms with Crippen LogP contribution in [0, 0.1) is 0 Å². The number of halogens is 1. The van der Waals surface area contributed by atoms with E-state index in [4.69, 9.17) is 9.47 Å². The molecule has 1 saturated carbocycles. The highest BCUT2D eigenvalue weighted by molar-refractivity contribution is 9.10. The van der Waals surface area contributed by atoms with Gasteiger partial charge in [0.2, 0.25) is 5.91 Å². The molecule has 0 aromatic heterocycles. The minimum absolute atomic E-state index is 0.0123. The van der Waals surface area contributed by atoms with E-state index in [1.165, 1.54) is 11.1 Å². The highest BCUT2D eigenvalue weighted by atomic mass is 79.9. The number of allylic oxidation sites excluding steroid dienone is 1. The van der Waals surface area contributed by atoms with Crippen molar-refractivity contribution in [2.75, 3.05) is 6.54 Å². The summed E-state index contributed by atoms with van der Waals surface area (Å²) in [6.07, 6.45) is 5.16. The van der Waals surface area contributed by atoms with Crippen molar-refractivity contribution in [2.45, 2.75) is 64.8 Å². The van der Waals surface area contributed by atoms with Crippen molar-refractivity contribution >= 4 is 27.4 Å². The van der Waals surface area contributed by atoms with Crippen molar-refractivity contribution in [1.82, 2.24) is 5.32 Å². The molecule has 1 aliphatic carbocycles. The molecule has 37 heavy (non-hydrogen) atoms. The standard InChI is InChI=1S/C32H36BrNO3/c1-22(2)25-8-6-9-26(19-25)31-20-30(12-11-24(31)17-18-34-23(3)35)37-29-15-13-28(14-16-29)36-21-27-7-4-5-10-32(27)33/h4-12,19-20,28-29H,1,13-18,21H2,2-3H3,(H,34,35). The van der Waals surface area contributed by atoms with E-state index in [2.05, 4.69) is 82.4 Å². The van der Waals surface area contributed by atoms with Gasteiger partial charge in [-0.2, -0.15) is 0 Å². The third-order valence-electron chi connectivity index (χ3n) is 6.87. The van der Waals surface area contributed by atoms with E-state index in [1.807, 2.05) is 19.1 Å². The molecule has 0 saturated heterocycles.